The molecule has 0 unspecified atom stereocenters. The third kappa shape index (κ3) is 2.30. The van der Waals surface area contributed by atoms with E-state index < -0.39 is 18.0 Å². The van der Waals surface area contributed by atoms with Crippen LogP contribution in [0.25, 0.3) is 0 Å². The molecule has 8 heteroatoms. The van der Waals surface area contributed by atoms with E-state index in [1.165, 1.54) is 0 Å². The zero-order valence-corrected chi connectivity index (χ0v) is 10.4. The molecule has 0 aromatic carbocycles. The van der Waals surface area contributed by atoms with Crippen molar-refractivity contribution >= 4 is 6.09 Å². The average Bonchev–Trinajstić information content (AvgIpc) is 3.19. The number of amides is 1. The Balaban J connectivity index is 2.06. The van der Waals surface area contributed by atoms with Gasteiger partial charge in [0, 0.05) is 18.0 Å². The molecule has 0 bridgehead atoms. The number of halogens is 3. The predicted octanol–water partition coefficient (Wildman–Crippen LogP) is 2.41. The van der Waals surface area contributed by atoms with E-state index in [2.05, 4.69) is 9.97 Å². The van der Waals surface area contributed by atoms with E-state index in [9.17, 15) is 18.0 Å². The van der Waals surface area contributed by atoms with Gasteiger partial charge >= 0.3 is 12.3 Å². The summed E-state index contributed by atoms with van der Waals surface area (Å²) in [7, 11) is 0. The van der Waals surface area contributed by atoms with E-state index in [0.29, 0.717) is 0 Å². The number of aromatic nitrogens is 2. The number of rotatable bonds is 1. The Morgan fingerprint density at radius 3 is 2.55 bits per heavy atom. The molecule has 3 rings (SSSR count). The lowest BCUT2D eigenvalue weighted by Crippen LogP contribution is -2.37. The highest BCUT2D eigenvalue weighted by Gasteiger charge is 2.40. The number of carbonyl (C=O) groups is 1. The Kier molecular flexibility index (Phi) is 2.84. The van der Waals surface area contributed by atoms with Crippen molar-refractivity contribution in [1.29, 1.82) is 0 Å². The van der Waals surface area contributed by atoms with Crippen LogP contribution in [0.4, 0.5) is 18.0 Å². The van der Waals surface area contributed by atoms with Gasteiger partial charge in [0.05, 0.1) is 12.2 Å². The van der Waals surface area contributed by atoms with E-state index in [1.54, 1.807) is 0 Å². The Labute approximate surface area is 112 Å². The smallest absolute Gasteiger partial charge is 0.433 e. The summed E-state index contributed by atoms with van der Waals surface area (Å²) < 4.78 is 39.2. The first-order chi connectivity index (χ1) is 9.36. The summed E-state index contributed by atoms with van der Waals surface area (Å²) in [6.07, 6.45) is -4.09. The molecule has 1 aromatic rings. The van der Waals surface area contributed by atoms with Gasteiger partial charge in [-0.3, -0.25) is 0 Å². The minimum Gasteiger partial charge on any atom is -0.465 e. The summed E-state index contributed by atoms with van der Waals surface area (Å²) in [6.45, 7) is -0.0620. The molecular weight excluding hydrogens is 275 g/mol. The first-order valence-corrected chi connectivity index (χ1v) is 6.31. The van der Waals surface area contributed by atoms with Gasteiger partial charge in [0.25, 0.3) is 0 Å². The highest BCUT2D eigenvalue weighted by molar-refractivity contribution is 5.65. The van der Waals surface area contributed by atoms with Crippen molar-refractivity contribution in [3.05, 3.63) is 22.8 Å². The van der Waals surface area contributed by atoms with Crippen LogP contribution < -0.4 is 0 Å². The minimum absolute atomic E-state index is 0.00141. The third-order valence-electron chi connectivity index (χ3n) is 3.56. The second-order valence-electron chi connectivity index (χ2n) is 5.08. The highest BCUT2D eigenvalue weighted by atomic mass is 19.4. The lowest BCUT2D eigenvalue weighted by molar-refractivity contribution is -0.142. The van der Waals surface area contributed by atoms with Crippen molar-refractivity contribution in [1.82, 2.24) is 14.9 Å². The van der Waals surface area contributed by atoms with Gasteiger partial charge in [0.15, 0.2) is 5.69 Å². The second-order valence-corrected chi connectivity index (χ2v) is 5.08. The van der Waals surface area contributed by atoms with Crippen molar-refractivity contribution in [2.45, 2.75) is 37.9 Å². The number of hydrogen-bond acceptors (Lipinski definition) is 3. The minimum atomic E-state index is -4.53. The van der Waals surface area contributed by atoms with Crippen molar-refractivity contribution < 1.29 is 23.1 Å². The number of fused-ring (bicyclic) bond motifs is 1. The molecule has 1 N–H and O–H groups in total. The first kappa shape index (κ1) is 13.1. The summed E-state index contributed by atoms with van der Waals surface area (Å²) in [5, 5.41) is 8.94. The van der Waals surface area contributed by atoms with E-state index in [1.807, 2.05) is 0 Å². The van der Waals surface area contributed by atoms with Gasteiger partial charge in [0.2, 0.25) is 0 Å². The normalized spacial score (nSPS) is 18.9. The maximum absolute atomic E-state index is 13.1. The quantitative estimate of drug-likeness (QED) is 0.861. The maximum atomic E-state index is 13.1. The summed E-state index contributed by atoms with van der Waals surface area (Å²) in [5.41, 5.74) is -0.656. The Hall–Kier alpha value is -1.86. The average molecular weight is 287 g/mol. The number of carboxylic acid groups (broad SMARTS) is 1. The summed E-state index contributed by atoms with van der Waals surface area (Å²) in [6, 6.07) is 0. The van der Waals surface area contributed by atoms with E-state index in [0.717, 1.165) is 17.7 Å². The first-order valence-electron chi connectivity index (χ1n) is 6.31. The molecule has 20 heavy (non-hydrogen) atoms. The molecule has 1 aliphatic carbocycles. The van der Waals surface area contributed by atoms with Gasteiger partial charge in [-0.25, -0.2) is 14.8 Å². The maximum Gasteiger partial charge on any atom is 0.433 e. The van der Waals surface area contributed by atoms with Crippen molar-refractivity contribution in [3.8, 4) is 0 Å². The molecule has 0 spiro atoms. The molecule has 1 fully saturated rings. The fraction of sp³-hybridized carbons (Fsp3) is 0.583. The van der Waals surface area contributed by atoms with E-state index in [-0.39, 0.29) is 42.5 Å². The lowest BCUT2D eigenvalue weighted by Gasteiger charge is -2.27. The summed E-state index contributed by atoms with van der Waals surface area (Å²) >= 11 is 0. The van der Waals surface area contributed by atoms with Crippen molar-refractivity contribution in [3.63, 3.8) is 0 Å². The number of nitrogens with zero attached hydrogens (tertiary/aromatic N) is 3. The Morgan fingerprint density at radius 2 is 2.00 bits per heavy atom. The fourth-order valence-electron chi connectivity index (χ4n) is 2.37. The molecule has 108 valence electrons. The Bertz CT molecular complexity index is 570. The lowest BCUT2D eigenvalue weighted by atomic mass is 10.0. The van der Waals surface area contributed by atoms with Crippen LogP contribution in [0.15, 0.2) is 0 Å². The Morgan fingerprint density at radius 1 is 1.30 bits per heavy atom. The molecule has 0 atom stereocenters. The zero-order chi connectivity index (χ0) is 14.5. The summed E-state index contributed by atoms with van der Waals surface area (Å²) in [4.78, 5) is 19.9. The second kappa shape index (κ2) is 4.32. The highest BCUT2D eigenvalue weighted by Crippen LogP contribution is 2.41. The van der Waals surface area contributed by atoms with Crippen LogP contribution in [0.2, 0.25) is 0 Å². The molecule has 1 aliphatic heterocycles. The van der Waals surface area contributed by atoms with Crippen molar-refractivity contribution in [2.24, 2.45) is 0 Å². The topological polar surface area (TPSA) is 66.3 Å². The zero-order valence-electron chi connectivity index (χ0n) is 10.4. The van der Waals surface area contributed by atoms with E-state index in [4.69, 9.17) is 5.11 Å². The van der Waals surface area contributed by atoms with E-state index >= 15 is 0 Å². The molecule has 2 heterocycles. The van der Waals surface area contributed by atoms with Crippen LogP contribution in [-0.4, -0.2) is 32.6 Å². The molecule has 0 saturated heterocycles. The van der Waals surface area contributed by atoms with Crippen LogP contribution in [0, 0.1) is 0 Å². The SMILES string of the molecule is O=C(O)N1CCc2c(nc(C3CC3)nc2C(F)(F)F)C1. The van der Waals surface area contributed by atoms with Crippen LogP contribution in [0.5, 0.6) is 0 Å². The largest absolute Gasteiger partial charge is 0.465 e. The van der Waals surface area contributed by atoms with Crippen LogP contribution in [0.1, 0.15) is 41.5 Å². The number of alkyl halides is 3. The predicted molar refractivity (Wildman–Crippen MR) is 61.1 cm³/mol. The third-order valence-corrected chi connectivity index (χ3v) is 3.56. The van der Waals surface area contributed by atoms with Gasteiger partial charge in [-0.2, -0.15) is 13.2 Å². The van der Waals surface area contributed by atoms with Crippen LogP contribution in [0.3, 0.4) is 0 Å². The molecule has 1 saturated carbocycles. The van der Waals surface area contributed by atoms with Gasteiger partial charge in [0.1, 0.15) is 5.82 Å². The van der Waals surface area contributed by atoms with Gasteiger partial charge in [-0.15, -0.1) is 0 Å². The molecular formula is C12H12F3N3O2. The number of hydrogen-bond donors (Lipinski definition) is 1. The van der Waals surface area contributed by atoms with Crippen LogP contribution >= 0.6 is 0 Å². The van der Waals surface area contributed by atoms with Gasteiger partial charge in [-0.05, 0) is 19.3 Å². The molecule has 5 nitrogen and oxygen atoms in total. The summed E-state index contributed by atoms with van der Waals surface area (Å²) in [5.74, 6) is 0.185. The molecule has 2 aliphatic rings. The molecule has 1 aromatic heterocycles. The van der Waals surface area contributed by atoms with Gasteiger partial charge < -0.3 is 10.0 Å². The fourth-order valence-corrected chi connectivity index (χ4v) is 2.37. The van der Waals surface area contributed by atoms with Gasteiger partial charge in [-0.1, -0.05) is 0 Å². The standard InChI is InChI=1S/C12H12F3N3O2/c13-12(14,15)9-7-3-4-18(11(19)20)5-8(7)16-10(17-9)6-1-2-6/h6H,1-5H2,(H,19,20). The van der Waals surface area contributed by atoms with Crippen molar-refractivity contribution in [2.75, 3.05) is 6.54 Å². The van der Waals surface area contributed by atoms with Crippen LogP contribution in [-0.2, 0) is 19.1 Å². The molecule has 1 amide bonds. The molecule has 0 radical (unpaired) electrons. The monoisotopic (exact) mass is 287 g/mol.